The second kappa shape index (κ2) is 6.82. The smallest absolute Gasteiger partial charge is 0.218 e. The molecule has 1 unspecified atom stereocenters. The molecule has 7 nitrogen and oxygen atoms in total. The van der Waals surface area contributed by atoms with Crippen LogP contribution < -0.4 is 5.73 Å². The molecular formula is C15H18N6OS. The van der Waals surface area contributed by atoms with Crippen LogP contribution in [0.4, 0.5) is 5.82 Å². The third kappa shape index (κ3) is 3.37. The predicted molar refractivity (Wildman–Crippen MR) is 89.2 cm³/mol. The highest BCUT2D eigenvalue weighted by Gasteiger charge is 2.10. The largest absolute Gasteiger partial charge is 0.382 e. The van der Waals surface area contributed by atoms with Crippen LogP contribution in [0.25, 0.3) is 11.0 Å². The Hall–Kier alpha value is -2.35. The summed E-state index contributed by atoms with van der Waals surface area (Å²) in [6.45, 7) is 2.79. The normalized spacial score (nSPS) is 12.6. The van der Waals surface area contributed by atoms with E-state index in [0.29, 0.717) is 16.7 Å². The number of aryl methyl sites for hydroxylation is 2. The van der Waals surface area contributed by atoms with Gasteiger partial charge in [-0.2, -0.15) is 0 Å². The van der Waals surface area contributed by atoms with E-state index in [4.69, 9.17) is 5.73 Å². The number of pyridine rings is 1. The van der Waals surface area contributed by atoms with E-state index in [0.717, 1.165) is 36.0 Å². The highest BCUT2D eigenvalue weighted by atomic mass is 32.2. The van der Waals surface area contributed by atoms with Gasteiger partial charge in [-0.25, -0.2) is 19.9 Å². The Labute approximate surface area is 136 Å². The number of rotatable bonds is 6. The number of hydrogen-bond donors (Lipinski definition) is 1. The van der Waals surface area contributed by atoms with E-state index >= 15 is 0 Å². The lowest BCUT2D eigenvalue weighted by Gasteiger charge is -2.06. The molecule has 0 amide bonds. The van der Waals surface area contributed by atoms with Crippen LogP contribution in [0.2, 0.25) is 0 Å². The summed E-state index contributed by atoms with van der Waals surface area (Å²) >= 11 is 0. The molecule has 0 radical (unpaired) electrons. The first kappa shape index (κ1) is 15.5. The quantitative estimate of drug-likeness (QED) is 0.545. The van der Waals surface area contributed by atoms with Crippen molar-refractivity contribution < 1.29 is 4.21 Å². The monoisotopic (exact) mass is 330 g/mol. The first-order chi connectivity index (χ1) is 11.2. The molecule has 3 heterocycles. The summed E-state index contributed by atoms with van der Waals surface area (Å²) in [5, 5.41) is 0.398. The fourth-order valence-electron chi connectivity index (χ4n) is 2.45. The van der Waals surface area contributed by atoms with Crippen LogP contribution in [0, 0.1) is 6.92 Å². The summed E-state index contributed by atoms with van der Waals surface area (Å²) in [5.74, 6) is 1.01. The molecule has 0 fully saturated rings. The Kier molecular flexibility index (Phi) is 4.61. The van der Waals surface area contributed by atoms with Crippen LogP contribution >= 0.6 is 0 Å². The van der Waals surface area contributed by atoms with Crippen molar-refractivity contribution in [1.29, 1.82) is 0 Å². The van der Waals surface area contributed by atoms with E-state index in [1.165, 1.54) is 0 Å². The van der Waals surface area contributed by atoms with Gasteiger partial charge >= 0.3 is 0 Å². The standard InChI is InChI=1S/C15H18N6OS/c1-11-9-19-14(16)12-13(11)21(10-20-12)7-2-3-8-23(22)15-17-5-4-6-18-15/h4-6,9-10H,2-3,7-8H2,1H3,(H2,16,19). The van der Waals surface area contributed by atoms with Crippen LogP contribution in [0.1, 0.15) is 18.4 Å². The summed E-state index contributed by atoms with van der Waals surface area (Å²) in [5.41, 5.74) is 8.67. The highest BCUT2D eigenvalue weighted by molar-refractivity contribution is 7.84. The van der Waals surface area contributed by atoms with Crippen molar-refractivity contribution in [1.82, 2.24) is 24.5 Å². The maximum Gasteiger partial charge on any atom is 0.218 e. The van der Waals surface area contributed by atoms with Gasteiger partial charge in [0, 0.05) is 30.9 Å². The Morgan fingerprint density at radius 2 is 1.96 bits per heavy atom. The van der Waals surface area contributed by atoms with Crippen LogP contribution in [-0.4, -0.2) is 34.5 Å². The van der Waals surface area contributed by atoms with Gasteiger partial charge in [0.15, 0.2) is 5.82 Å². The molecule has 3 aromatic heterocycles. The molecule has 0 aliphatic rings. The van der Waals surface area contributed by atoms with Crippen molar-refractivity contribution in [2.24, 2.45) is 0 Å². The van der Waals surface area contributed by atoms with Crippen LogP contribution in [0.5, 0.6) is 0 Å². The zero-order valence-electron chi connectivity index (χ0n) is 12.8. The maximum atomic E-state index is 12.1. The van der Waals surface area contributed by atoms with Gasteiger partial charge in [-0.3, -0.25) is 4.21 Å². The Balaban J connectivity index is 1.59. The molecule has 0 aromatic carbocycles. The second-order valence-corrected chi connectivity index (χ2v) is 6.71. The number of hydrogen-bond acceptors (Lipinski definition) is 6. The molecule has 8 heteroatoms. The van der Waals surface area contributed by atoms with Crippen LogP contribution in [0.15, 0.2) is 36.1 Å². The van der Waals surface area contributed by atoms with Crippen molar-refractivity contribution in [3.05, 3.63) is 36.5 Å². The van der Waals surface area contributed by atoms with Crippen molar-refractivity contribution in [3.8, 4) is 0 Å². The van der Waals surface area contributed by atoms with Crippen molar-refractivity contribution in [3.63, 3.8) is 0 Å². The van der Waals surface area contributed by atoms with E-state index in [2.05, 4.69) is 24.5 Å². The molecule has 3 rings (SSSR count). The molecule has 0 saturated heterocycles. The SMILES string of the molecule is Cc1cnc(N)c2ncn(CCCCS(=O)c3ncccn3)c12. The number of imidazole rings is 1. The Bertz CT molecular complexity index is 833. The van der Waals surface area contributed by atoms with Gasteiger partial charge in [0.05, 0.1) is 22.6 Å². The van der Waals surface area contributed by atoms with Gasteiger partial charge in [-0.1, -0.05) is 0 Å². The lowest BCUT2D eigenvalue weighted by atomic mass is 10.2. The summed E-state index contributed by atoms with van der Waals surface area (Å²) < 4.78 is 14.1. The van der Waals surface area contributed by atoms with Crippen LogP contribution in [0.3, 0.4) is 0 Å². The Morgan fingerprint density at radius 3 is 2.74 bits per heavy atom. The first-order valence-corrected chi connectivity index (χ1v) is 8.70. The Morgan fingerprint density at radius 1 is 1.17 bits per heavy atom. The van der Waals surface area contributed by atoms with Gasteiger partial charge in [0.1, 0.15) is 5.52 Å². The van der Waals surface area contributed by atoms with Gasteiger partial charge in [-0.15, -0.1) is 0 Å². The molecule has 0 bridgehead atoms. The summed E-state index contributed by atoms with van der Waals surface area (Å²) in [4.78, 5) is 16.5. The van der Waals surface area contributed by atoms with Gasteiger partial charge in [0.25, 0.3) is 0 Å². The molecule has 0 aliphatic carbocycles. The van der Waals surface area contributed by atoms with Crippen molar-refractivity contribution in [2.45, 2.75) is 31.5 Å². The van der Waals surface area contributed by atoms with Gasteiger partial charge in [0.2, 0.25) is 5.16 Å². The number of nitrogens with zero attached hydrogens (tertiary/aromatic N) is 5. The molecule has 0 aliphatic heterocycles. The first-order valence-electron chi connectivity index (χ1n) is 7.38. The number of nitrogens with two attached hydrogens (primary N) is 1. The minimum Gasteiger partial charge on any atom is -0.382 e. The lowest BCUT2D eigenvalue weighted by Crippen LogP contribution is -2.05. The van der Waals surface area contributed by atoms with E-state index in [1.807, 2.05) is 6.92 Å². The third-order valence-electron chi connectivity index (χ3n) is 3.58. The number of unbranched alkanes of at least 4 members (excludes halogenated alkanes) is 1. The summed E-state index contributed by atoms with van der Waals surface area (Å²) in [7, 11) is -1.14. The number of fused-ring (bicyclic) bond motifs is 1. The summed E-state index contributed by atoms with van der Waals surface area (Å²) in [6.07, 6.45) is 8.48. The number of nitrogen functional groups attached to an aromatic ring is 1. The topological polar surface area (TPSA) is 99.6 Å². The van der Waals surface area contributed by atoms with Crippen molar-refractivity contribution in [2.75, 3.05) is 11.5 Å². The molecular weight excluding hydrogens is 312 g/mol. The molecule has 0 spiro atoms. The molecule has 2 N–H and O–H groups in total. The predicted octanol–water partition coefficient (Wildman–Crippen LogP) is 1.70. The van der Waals surface area contributed by atoms with E-state index in [9.17, 15) is 4.21 Å². The van der Waals surface area contributed by atoms with E-state index in [-0.39, 0.29) is 0 Å². The average Bonchev–Trinajstić information content (AvgIpc) is 3.01. The zero-order chi connectivity index (χ0) is 16.2. The van der Waals surface area contributed by atoms with Gasteiger partial charge in [-0.05, 0) is 31.4 Å². The average molecular weight is 330 g/mol. The molecule has 3 aromatic rings. The third-order valence-corrected chi connectivity index (χ3v) is 4.85. The summed E-state index contributed by atoms with van der Waals surface area (Å²) in [6, 6.07) is 1.72. The second-order valence-electron chi connectivity index (χ2n) is 5.25. The minimum absolute atomic E-state index is 0.398. The van der Waals surface area contributed by atoms with E-state index < -0.39 is 10.8 Å². The fraction of sp³-hybridized carbons (Fsp3) is 0.333. The fourth-order valence-corrected chi connectivity index (χ4v) is 3.46. The van der Waals surface area contributed by atoms with Crippen LogP contribution in [-0.2, 0) is 17.3 Å². The number of anilines is 1. The van der Waals surface area contributed by atoms with Crippen molar-refractivity contribution >= 4 is 27.7 Å². The molecule has 120 valence electrons. The van der Waals surface area contributed by atoms with Gasteiger partial charge < -0.3 is 10.3 Å². The molecule has 0 saturated carbocycles. The number of aromatic nitrogens is 5. The lowest BCUT2D eigenvalue weighted by molar-refractivity contribution is 0.635. The molecule has 1 atom stereocenters. The zero-order valence-corrected chi connectivity index (χ0v) is 13.7. The minimum atomic E-state index is -1.14. The highest BCUT2D eigenvalue weighted by Crippen LogP contribution is 2.21. The van der Waals surface area contributed by atoms with E-state index in [1.54, 1.807) is 31.0 Å². The maximum absolute atomic E-state index is 12.1. The molecule has 23 heavy (non-hydrogen) atoms.